The zero-order valence-electron chi connectivity index (χ0n) is 11.6. The molecule has 22 heavy (non-hydrogen) atoms. The van der Waals surface area contributed by atoms with E-state index in [1.54, 1.807) is 18.2 Å². The third kappa shape index (κ3) is 4.35. The number of nitrogens with one attached hydrogen (secondary N) is 1. The fraction of sp³-hybridized carbons (Fsp3) is 0.0769. The lowest BCUT2D eigenvalue weighted by Gasteiger charge is -2.07. The SMILES string of the molecule is CS(=O)(=O)ON=C(N)NC(=O)c1cccc(-n2cccc2)c1. The number of nitrogens with zero attached hydrogens (tertiary/aromatic N) is 2. The summed E-state index contributed by atoms with van der Waals surface area (Å²) in [4.78, 5) is 12.0. The van der Waals surface area contributed by atoms with E-state index >= 15 is 0 Å². The Balaban J connectivity index is 2.12. The van der Waals surface area contributed by atoms with Crippen LogP contribution in [0.25, 0.3) is 5.69 Å². The van der Waals surface area contributed by atoms with E-state index in [-0.39, 0.29) is 0 Å². The first-order valence-electron chi connectivity index (χ1n) is 6.12. The molecule has 116 valence electrons. The lowest BCUT2D eigenvalue weighted by molar-refractivity contribution is 0.0975. The third-order valence-corrected chi connectivity index (χ3v) is 2.87. The van der Waals surface area contributed by atoms with Crippen LogP contribution in [0.15, 0.2) is 53.9 Å². The van der Waals surface area contributed by atoms with Crippen molar-refractivity contribution in [3.63, 3.8) is 0 Å². The van der Waals surface area contributed by atoms with Gasteiger partial charge in [-0.25, -0.2) is 0 Å². The maximum absolute atomic E-state index is 12.0. The van der Waals surface area contributed by atoms with Gasteiger partial charge in [-0.1, -0.05) is 6.07 Å². The molecule has 0 aliphatic rings. The molecule has 0 aliphatic carbocycles. The molecular weight excluding hydrogens is 308 g/mol. The summed E-state index contributed by atoms with van der Waals surface area (Å²) in [7, 11) is -3.78. The highest BCUT2D eigenvalue weighted by atomic mass is 32.2. The first-order chi connectivity index (χ1) is 10.3. The average molecular weight is 322 g/mol. The summed E-state index contributed by atoms with van der Waals surface area (Å²) >= 11 is 0. The first kappa shape index (κ1) is 15.6. The van der Waals surface area contributed by atoms with Gasteiger partial charge in [-0.2, -0.15) is 8.42 Å². The highest BCUT2D eigenvalue weighted by Crippen LogP contribution is 2.10. The fourth-order valence-electron chi connectivity index (χ4n) is 1.63. The van der Waals surface area contributed by atoms with E-state index < -0.39 is 22.0 Å². The van der Waals surface area contributed by atoms with E-state index in [4.69, 9.17) is 5.73 Å². The van der Waals surface area contributed by atoms with Gasteiger partial charge in [0.05, 0.1) is 6.26 Å². The van der Waals surface area contributed by atoms with Crippen LogP contribution in [0, 0.1) is 0 Å². The molecule has 9 heteroatoms. The molecule has 2 aromatic rings. The average Bonchev–Trinajstić information content (AvgIpc) is 2.99. The maximum atomic E-state index is 12.0. The smallest absolute Gasteiger partial charge is 0.325 e. The van der Waals surface area contributed by atoms with Crippen molar-refractivity contribution in [2.24, 2.45) is 10.9 Å². The van der Waals surface area contributed by atoms with Crippen LogP contribution >= 0.6 is 0 Å². The predicted molar refractivity (Wildman–Crippen MR) is 80.8 cm³/mol. The Labute approximate surface area is 127 Å². The summed E-state index contributed by atoms with van der Waals surface area (Å²) < 4.78 is 27.5. The van der Waals surface area contributed by atoms with Crippen LogP contribution in [-0.2, 0) is 14.4 Å². The summed E-state index contributed by atoms with van der Waals surface area (Å²) in [5, 5.41) is 5.33. The second-order valence-corrected chi connectivity index (χ2v) is 5.91. The number of rotatable bonds is 4. The second kappa shape index (κ2) is 6.31. The number of hydrogen-bond donors (Lipinski definition) is 2. The fourth-order valence-corrected chi connectivity index (χ4v) is 1.85. The van der Waals surface area contributed by atoms with Crippen molar-refractivity contribution in [1.82, 2.24) is 9.88 Å². The Kier molecular flexibility index (Phi) is 4.47. The molecule has 0 saturated heterocycles. The van der Waals surface area contributed by atoms with Crippen molar-refractivity contribution >= 4 is 22.0 Å². The standard InChI is InChI=1S/C13H14N4O4S/c1-22(19,20)21-16-13(14)15-12(18)10-5-4-6-11(9-10)17-7-2-3-8-17/h2-9H,1H3,(H3,14,15,16,18). The van der Waals surface area contributed by atoms with Gasteiger partial charge in [0.15, 0.2) is 0 Å². The molecule has 8 nitrogen and oxygen atoms in total. The zero-order valence-corrected chi connectivity index (χ0v) is 12.4. The number of benzene rings is 1. The zero-order chi connectivity index (χ0) is 16.2. The van der Waals surface area contributed by atoms with Gasteiger partial charge in [0, 0.05) is 23.6 Å². The van der Waals surface area contributed by atoms with Crippen molar-refractivity contribution < 1.29 is 17.5 Å². The van der Waals surface area contributed by atoms with Gasteiger partial charge < -0.3 is 10.3 Å². The van der Waals surface area contributed by atoms with Gasteiger partial charge in [-0.15, -0.1) is 0 Å². The molecule has 1 heterocycles. The maximum Gasteiger partial charge on any atom is 0.325 e. The van der Waals surface area contributed by atoms with Crippen molar-refractivity contribution in [1.29, 1.82) is 0 Å². The summed E-state index contributed by atoms with van der Waals surface area (Å²) in [5.41, 5.74) is 6.50. The summed E-state index contributed by atoms with van der Waals surface area (Å²) in [5.74, 6) is -0.992. The molecule has 0 atom stereocenters. The molecular formula is C13H14N4O4S. The summed E-state index contributed by atoms with van der Waals surface area (Å²) in [6.07, 6.45) is 4.49. The molecule has 3 N–H and O–H groups in total. The van der Waals surface area contributed by atoms with Crippen LogP contribution in [0.1, 0.15) is 10.4 Å². The van der Waals surface area contributed by atoms with Crippen LogP contribution in [-0.4, -0.2) is 31.1 Å². The Hall–Kier alpha value is -2.81. The normalized spacial score (nSPS) is 12.0. The van der Waals surface area contributed by atoms with Gasteiger partial charge in [-0.3, -0.25) is 14.4 Å². The molecule has 2 rings (SSSR count). The largest absolute Gasteiger partial charge is 0.367 e. The number of nitrogens with two attached hydrogens (primary N) is 1. The minimum Gasteiger partial charge on any atom is -0.367 e. The molecule has 0 unspecified atom stereocenters. The Morgan fingerprint density at radius 3 is 2.59 bits per heavy atom. The first-order valence-corrected chi connectivity index (χ1v) is 7.94. The lowest BCUT2D eigenvalue weighted by atomic mass is 10.2. The molecule has 0 fully saturated rings. The molecule has 1 amide bonds. The quantitative estimate of drug-likeness (QED) is 0.480. The molecule has 0 radical (unpaired) electrons. The van der Waals surface area contributed by atoms with Crippen LogP contribution in [0.3, 0.4) is 0 Å². The van der Waals surface area contributed by atoms with Gasteiger partial charge in [0.2, 0.25) is 5.96 Å². The highest BCUT2D eigenvalue weighted by Gasteiger charge is 2.09. The molecule has 1 aromatic carbocycles. The predicted octanol–water partition coefficient (Wildman–Crippen LogP) is 0.413. The topological polar surface area (TPSA) is 116 Å². The van der Waals surface area contributed by atoms with Crippen LogP contribution in [0.2, 0.25) is 0 Å². The summed E-state index contributed by atoms with van der Waals surface area (Å²) in [6, 6.07) is 10.5. The number of carbonyl (C=O) groups excluding carboxylic acids is 1. The van der Waals surface area contributed by atoms with E-state index in [0.717, 1.165) is 11.9 Å². The lowest BCUT2D eigenvalue weighted by Crippen LogP contribution is -2.37. The second-order valence-electron chi connectivity index (χ2n) is 4.35. The van der Waals surface area contributed by atoms with Gasteiger partial charge in [-0.05, 0) is 35.5 Å². The number of carbonyl (C=O) groups is 1. The monoisotopic (exact) mass is 322 g/mol. The van der Waals surface area contributed by atoms with E-state index in [9.17, 15) is 13.2 Å². The van der Waals surface area contributed by atoms with Crippen molar-refractivity contribution in [3.8, 4) is 5.69 Å². The number of guanidine groups is 1. The van der Waals surface area contributed by atoms with Crippen LogP contribution in [0.5, 0.6) is 0 Å². The Bertz CT molecular complexity index is 797. The molecule has 0 saturated carbocycles. The van der Waals surface area contributed by atoms with Crippen molar-refractivity contribution in [2.75, 3.05) is 6.26 Å². The van der Waals surface area contributed by atoms with E-state index in [1.807, 2.05) is 35.2 Å². The number of aromatic nitrogens is 1. The van der Waals surface area contributed by atoms with E-state index in [0.29, 0.717) is 5.56 Å². The third-order valence-electron chi connectivity index (χ3n) is 2.52. The van der Waals surface area contributed by atoms with E-state index in [1.165, 1.54) is 0 Å². The number of hydrogen-bond acceptors (Lipinski definition) is 5. The van der Waals surface area contributed by atoms with Crippen LogP contribution in [0.4, 0.5) is 0 Å². The van der Waals surface area contributed by atoms with Gasteiger partial charge in [0.1, 0.15) is 0 Å². The van der Waals surface area contributed by atoms with Gasteiger partial charge >= 0.3 is 10.1 Å². The van der Waals surface area contributed by atoms with Crippen molar-refractivity contribution in [3.05, 3.63) is 54.4 Å². The Morgan fingerprint density at radius 1 is 1.27 bits per heavy atom. The number of amides is 1. The Morgan fingerprint density at radius 2 is 1.95 bits per heavy atom. The van der Waals surface area contributed by atoms with Gasteiger partial charge in [0.25, 0.3) is 5.91 Å². The summed E-state index contributed by atoms with van der Waals surface area (Å²) in [6.45, 7) is 0. The molecule has 0 spiro atoms. The van der Waals surface area contributed by atoms with E-state index in [2.05, 4.69) is 14.8 Å². The number of oxime groups is 1. The minimum atomic E-state index is -3.78. The van der Waals surface area contributed by atoms with Crippen molar-refractivity contribution in [2.45, 2.75) is 0 Å². The molecule has 1 aromatic heterocycles. The molecule has 0 bridgehead atoms. The van der Waals surface area contributed by atoms with Crippen LogP contribution < -0.4 is 11.1 Å². The molecule has 0 aliphatic heterocycles. The minimum absolute atomic E-state index is 0.337. The highest BCUT2D eigenvalue weighted by molar-refractivity contribution is 7.85.